The largest absolute Gasteiger partial charge is 0.293 e. The second-order valence-corrected chi connectivity index (χ2v) is 4.50. The molecule has 0 saturated heterocycles. The average molecular weight is 275 g/mol. The van der Waals surface area contributed by atoms with E-state index in [1.807, 2.05) is 12.1 Å². The fourth-order valence-electron chi connectivity index (χ4n) is 1.83. The Bertz CT molecular complexity index is 626. The van der Waals surface area contributed by atoms with Crippen LogP contribution in [0.25, 0.3) is 11.1 Å². The summed E-state index contributed by atoms with van der Waals surface area (Å²) in [5.41, 5.74) is 3.08. The summed E-state index contributed by atoms with van der Waals surface area (Å²) in [6.07, 6.45) is 1.61. The summed E-state index contributed by atoms with van der Waals surface area (Å²) in [5, 5.41) is 0. The number of aromatic nitrogens is 1. The molecule has 0 saturated carbocycles. The van der Waals surface area contributed by atoms with Gasteiger partial charge in [-0.05, 0) is 23.3 Å². The molecule has 3 aromatic rings. The molecule has 21 heavy (non-hydrogen) atoms. The first-order valence-corrected chi connectivity index (χ1v) is 6.80. The molecule has 0 aliphatic heterocycles. The van der Waals surface area contributed by atoms with Crippen LogP contribution in [0, 0.1) is 0 Å². The van der Waals surface area contributed by atoms with E-state index in [1.54, 1.807) is 24.4 Å². The van der Waals surface area contributed by atoms with Gasteiger partial charge >= 0.3 is 0 Å². The predicted molar refractivity (Wildman–Crippen MR) is 86.1 cm³/mol. The molecule has 0 radical (unpaired) electrons. The third-order valence-corrected chi connectivity index (χ3v) is 2.91. The maximum atomic E-state index is 10.6. The molecule has 104 valence electrons. The molecule has 0 aliphatic rings. The highest BCUT2D eigenvalue weighted by molar-refractivity contribution is 5.91. The van der Waals surface area contributed by atoms with Gasteiger partial charge in [0.1, 0.15) is 5.69 Å². The van der Waals surface area contributed by atoms with Gasteiger partial charge < -0.3 is 0 Å². The van der Waals surface area contributed by atoms with Crippen molar-refractivity contribution in [1.82, 2.24) is 4.98 Å². The number of carbonyl (C=O) groups excluding carboxylic acids is 1. The molecule has 0 atom stereocenters. The fourth-order valence-corrected chi connectivity index (χ4v) is 1.83. The SMILES string of the molecule is CC(=O)c1ccccn1.c1ccc(-c2ccccc2)cc1. The van der Waals surface area contributed by atoms with E-state index in [0.29, 0.717) is 5.69 Å². The monoisotopic (exact) mass is 275 g/mol. The molecule has 0 amide bonds. The number of benzene rings is 2. The van der Waals surface area contributed by atoms with E-state index in [9.17, 15) is 4.79 Å². The second-order valence-electron chi connectivity index (χ2n) is 4.50. The van der Waals surface area contributed by atoms with Crippen LogP contribution in [0.3, 0.4) is 0 Å². The smallest absolute Gasteiger partial charge is 0.178 e. The van der Waals surface area contributed by atoms with Crippen LogP contribution in [0.15, 0.2) is 85.1 Å². The van der Waals surface area contributed by atoms with E-state index in [-0.39, 0.29) is 5.78 Å². The topological polar surface area (TPSA) is 30.0 Å². The number of pyridine rings is 1. The summed E-state index contributed by atoms with van der Waals surface area (Å²) in [4.78, 5) is 14.4. The molecule has 0 unspecified atom stereocenters. The van der Waals surface area contributed by atoms with Gasteiger partial charge in [0.25, 0.3) is 0 Å². The van der Waals surface area contributed by atoms with Crippen LogP contribution in [0.2, 0.25) is 0 Å². The van der Waals surface area contributed by atoms with Gasteiger partial charge in [0, 0.05) is 13.1 Å². The number of nitrogens with zero attached hydrogens (tertiary/aromatic N) is 1. The maximum absolute atomic E-state index is 10.6. The van der Waals surface area contributed by atoms with Crippen molar-refractivity contribution in [3.8, 4) is 11.1 Å². The van der Waals surface area contributed by atoms with Crippen molar-refractivity contribution < 1.29 is 4.79 Å². The van der Waals surface area contributed by atoms with Crippen molar-refractivity contribution in [2.45, 2.75) is 6.92 Å². The summed E-state index contributed by atoms with van der Waals surface area (Å²) in [6, 6.07) is 26.1. The maximum Gasteiger partial charge on any atom is 0.178 e. The van der Waals surface area contributed by atoms with Crippen molar-refractivity contribution in [3.63, 3.8) is 0 Å². The van der Waals surface area contributed by atoms with Gasteiger partial charge in [-0.25, -0.2) is 0 Å². The summed E-state index contributed by atoms with van der Waals surface area (Å²) in [5.74, 6) is 0.00981. The predicted octanol–water partition coefficient (Wildman–Crippen LogP) is 4.64. The van der Waals surface area contributed by atoms with Crippen molar-refractivity contribution in [2.75, 3.05) is 0 Å². The van der Waals surface area contributed by atoms with Gasteiger partial charge in [-0.15, -0.1) is 0 Å². The quantitative estimate of drug-likeness (QED) is 0.638. The zero-order valence-electron chi connectivity index (χ0n) is 11.9. The van der Waals surface area contributed by atoms with Gasteiger partial charge in [0.2, 0.25) is 0 Å². The zero-order valence-corrected chi connectivity index (χ0v) is 11.9. The fraction of sp³-hybridized carbons (Fsp3) is 0.0526. The highest BCUT2D eigenvalue weighted by Gasteiger charge is 1.95. The molecule has 1 heterocycles. The number of carbonyl (C=O) groups is 1. The molecule has 0 aliphatic carbocycles. The Morgan fingerprint density at radius 3 is 1.52 bits per heavy atom. The van der Waals surface area contributed by atoms with Crippen LogP contribution >= 0.6 is 0 Å². The molecule has 2 heteroatoms. The summed E-state index contributed by atoms with van der Waals surface area (Å²) in [6.45, 7) is 1.50. The lowest BCUT2D eigenvalue weighted by Gasteiger charge is -1.98. The standard InChI is InChI=1S/C12H10.C7H7NO/c1-3-7-11(8-4-1)12-9-5-2-6-10-12;1-6(9)7-4-2-3-5-8-7/h1-10H;2-5H,1H3. The Labute approximate surface area is 125 Å². The van der Waals surface area contributed by atoms with Crippen molar-refractivity contribution >= 4 is 5.78 Å². The molecule has 2 nitrogen and oxygen atoms in total. The van der Waals surface area contributed by atoms with Crippen molar-refractivity contribution in [3.05, 3.63) is 90.8 Å². The van der Waals surface area contributed by atoms with Crippen LogP contribution in [-0.4, -0.2) is 10.8 Å². The normalized spacial score (nSPS) is 9.38. The Balaban J connectivity index is 0.000000161. The number of Topliss-reactive ketones (excluding diaryl/α,β-unsaturated/α-hetero) is 1. The van der Waals surface area contributed by atoms with Gasteiger partial charge in [0.15, 0.2) is 5.78 Å². The Kier molecular flexibility index (Phi) is 5.41. The third-order valence-electron chi connectivity index (χ3n) is 2.91. The first-order valence-electron chi connectivity index (χ1n) is 6.80. The molecular weight excluding hydrogens is 258 g/mol. The number of hydrogen-bond acceptors (Lipinski definition) is 2. The molecule has 0 fully saturated rings. The van der Waals surface area contributed by atoms with E-state index in [1.165, 1.54) is 18.1 Å². The van der Waals surface area contributed by atoms with Gasteiger partial charge in [-0.2, -0.15) is 0 Å². The van der Waals surface area contributed by atoms with Crippen LogP contribution < -0.4 is 0 Å². The van der Waals surface area contributed by atoms with E-state index in [2.05, 4.69) is 53.5 Å². The van der Waals surface area contributed by atoms with Crippen LogP contribution in [-0.2, 0) is 0 Å². The lowest BCUT2D eigenvalue weighted by Crippen LogP contribution is -1.93. The minimum absolute atomic E-state index is 0.00981. The van der Waals surface area contributed by atoms with Crippen LogP contribution in [0.5, 0.6) is 0 Å². The summed E-state index contributed by atoms with van der Waals surface area (Å²) >= 11 is 0. The Morgan fingerprint density at radius 2 is 1.19 bits per heavy atom. The molecule has 0 N–H and O–H groups in total. The van der Waals surface area contributed by atoms with E-state index < -0.39 is 0 Å². The van der Waals surface area contributed by atoms with Gasteiger partial charge in [-0.3, -0.25) is 9.78 Å². The highest BCUT2D eigenvalue weighted by Crippen LogP contribution is 2.17. The first kappa shape index (κ1) is 14.7. The molecule has 0 bridgehead atoms. The van der Waals surface area contributed by atoms with Crippen LogP contribution in [0.1, 0.15) is 17.4 Å². The van der Waals surface area contributed by atoms with Crippen molar-refractivity contribution in [2.24, 2.45) is 0 Å². The van der Waals surface area contributed by atoms with Crippen molar-refractivity contribution in [1.29, 1.82) is 0 Å². The summed E-state index contributed by atoms with van der Waals surface area (Å²) < 4.78 is 0. The molecule has 1 aromatic heterocycles. The minimum atomic E-state index is 0.00981. The summed E-state index contributed by atoms with van der Waals surface area (Å²) in [7, 11) is 0. The number of hydrogen-bond donors (Lipinski definition) is 0. The Morgan fingerprint density at radius 1 is 0.714 bits per heavy atom. The van der Waals surface area contributed by atoms with Crippen LogP contribution in [0.4, 0.5) is 0 Å². The first-order chi connectivity index (χ1) is 10.3. The molecule has 3 rings (SSSR count). The lowest BCUT2D eigenvalue weighted by molar-refractivity contribution is 0.101. The Hall–Kier alpha value is -2.74. The second kappa shape index (κ2) is 7.75. The highest BCUT2D eigenvalue weighted by atomic mass is 16.1. The lowest BCUT2D eigenvalue weighted by atomic mass is 10.1. The molecule has 2 aromatic carbocycles. The average Bonchev–Trinajstić information content (AvgIpc) is 2.58. The molecular formula is C19H17NO. The van der Waals surface area contributed by atoms with E-state index in [0.717, 1.165) is 0 Å². The number of ketones is 1. The zero-order chi connectivity index (χ0) is 14.9. The van der Waals surface area contributed by atoms with E-state index >= 15 is 0 Å². The number of rotatable bonds is 2. The third kappa shape index (κ3) is 4.69. The van der Waals surface area contributed by atoms with Gasteiger partial charge in [0.05, 0.1) is 0 Å². The van der Waals surface area contributed by atoms with E-state index in [4.69, 9.17) is 0 Å². The minimum Gasteiger partial charge on any atom is -0.293 e. The van der Waals surface area contributed by atoms with Gasteiger partial charge in [-0.1, -0.05) is 66.7 Å². The molecule has 0 spiro atoms.